The molecule has 6 nitrogen and oxygen atoms in total. The summed E-state index contributed by atoms with van der Waals surface area (Å²) in [5.41, 5.74) is 1.50. The van der Waals surface area contributed by atoms with E-state index in [2.05, 4.69) is 15.2 Å². The largest absolute Gasteiger partial charge is 0.481 e. The number of nitrogens with zero attached hydrogens (tertiary/aromatic N) is 4. The van der Waals surface area contributed by atoms with E-state index in [1.165, 1.54) is 0 Å². The Morgan fingerprint density at radius 3 is 2.69 bits per heavy atom. The van der Waals surface area contributed by atoms with Gasteiger partial charge in [-0.15, -0.1) is 5.10 Å². The van der Waals surface area contributed by atoms with Gasteiger partial charge >= 0.3 is 5.97 Å². The van der Waals surface area contributed by atoms with Crippen molar-refractivity contribution in [3.63, 3.8) is 0 Å². The molecule has 6 heteroatoms. The number of carboxylic acids is 1. The van der Waals surface area contributed by atoms with Crippen molar-refractivity contribution in [2.45, 2.75) is 26.3 Å². The van der Waals surface area contributed by atoms with Gasteiger partial charge < -0.3 is 10.0 Å². The van der Waals surface area contributed by atoms with Gasteiger partial charge in [-0.05, 0) is 20.5 Å². The molecule has 1 aromatic heterocycles. The zero-order valence-electron chi connectivity index (χ0n) is 9.97. The average Bonchev–Trinajstić information content (AvgIpc) is 2.56. The van der Waals surface area contributed by atoms with Gasteiger partial charge in [-0.1, -0.05) is 12.1 Å². The molecule has 0 spiro atoms. The van der Waals surface area contributed by atoms with Crippen molar-refractivity contribution in [2.24, 2.45) is 0 Å². The topological polar surface area (TPSA) is 71.2 Å². The first-order chi connectivity index (χ1) is 7.54. The van der Waals surface area contributed by atoms with Crippen molar-refractivity contribution in [3.8, 4) is 0 Å². The highest BCUT2D eigenvalue weighted by Crippen LogP contribution is 2.07. The van der Waals surface area contributed by atoms with Gasteiger partial charge in [-0.3, -0.25) is 4.79 Å². The Kier molecular flexibility index (Phi) is 4.42. The first-order valence-electron chi connectivity index (χ1n) is 5.32. The van der Waals surface area contributed by atoms with E-state index in [1.54, 1.807) is 4.68 Å². The Bertz CT molecular complexity index is 360. The van der Waals surface area contributed by atoms with Gasteiger partial charge in [0.05, 0.1) is 24.4 Å². The molecule has 0 saturated heterocycles. The second-order valence-corrected chi connectivity index (χ2v) is 3.93. The first-order valence-corrected chi connectivity index (χ1v) is 5.32. The first kappa shape index (κ1) is 12.6. The number of rotatable bonds is 6. The van der Waals surface area contributed by atoms with E-state index in [0.29, 0.717) is 5.69 Å². The van der Waals surface area contributed by atoms with Crippen LogP contribution in [0.3, 0.4) is 0 Å². The van der Waals surface area contributed by atoms with Crippen LogP contribution in [0.2, 0.25) is 0 Å². The van der Waals surface area contributed by atoms with E-state index in [9.17, 15) is 4.79 Å². The third-order valence-electron chi connectivity index (χ3n) is 2.33. The zero-order chi connectivity index (χ0) is 12.1. The molecule has 0 unspecified atom stereocenters. The molecule has 1 rings (SSSR count). The second-order valence-electron chi connectivity index (χ2n) is 3.93. The monoisotopic (exact) mass is 226 g/mol. The lowest BCUT2D eigenvalue weighted by Crippen LogP contribution is -2.20. The summed E-state index contributed by atoms with van der Waals surface area (Å²) in [7, 11) is 3.97. The van der Waals surface area contributed by atoms with E-state index < -0.39 is 5.97 Å². The van der Waals surface area contributed by atoms with E-state index in [1.807, 2.05) is 21.0 Å². The number of carboxylic acid groups (broad SMARTS) is 1. The van der Waals surface area contributed by atoms with Gasteiger partial charge in [0, 0.05) is 6.54 Å². The normalized spacial score (nSPS) is 11.0. The minimum atomic E-state index is -0.866. The highest BCUT2D eigenvalue weighted by Gasteiger charge is 2.13. The highest BCUT2D eigenvalue weighted by molar-refractivity contribution is 5.69. The van der Waals surface area contributed by atoms with Gasteiger partial charge in [0.2, 0.25) is 0 Å². The molecule has 0 fully saturated rings. The van der Waals surface area contributed by atoms with Crippen LogP contribution >= 0.6 is 0 Å². The molecule has 0 aromatic carbocycles. The minimum absolute atomic E-state index is 0.0505. The molecule has 0 aliphatic heterocycles. The summed E-state index contributed by atoms with van der Waals surface area (Å²) >= 11 is 0. The Morgan fingerprint density at radius 1 is 1.50 bits per heavy atom. The van der Waals surface area contributed by atoms with Crippen LogP contribution in [-0.2, 0) is 24.2 Å². The van der Waals surface area contributed by atoms with E-state index in [-0.39, 0.29) is 6.42 Å². The van der Waals surface area contributed by atoms with Gasteiger partial charge in [0.25, 0.3) is 0 Å². The second kappa shape index (κ2) is 5.60. The molecule has 0 amide bonds. The molecule has 90 valence electrons. The predicted octanol–water partition coefficient (Wildman–Crippen LogP) is 0.0292. The molecule has 0 atom stereocenters. The molecule has 1 heterocycles. The van der Waals surface area contributed by atoms with Gasteiger partial charge in [-0.2, -0.15) is 0 Å². The fourth-order valence-corrected chi connectivity index (χ4v) is 1.51. The Labute approximate surface area is 94.9 Å². The summed E-state index contributed by atoms with van der Waals surface area (Å²) in [5, 5.41) is 16.6. The number of hydrogen-bond acceptors (Lipinski definition) is 4. The van der Waals surface area contributed by atoms with Crippen molar-refractivity contribution >= 4 is 5.97 Å². The summed E-state index contributed by atoms with van der Waals surface area (Å²) in [6, 6.07) is 0. The van der Waals surface area contributed by atoms with Crippen molar-refractivity contribution in [1.82, 2.24) is 19.9 Å². The van der Waals surface area contributed by atoms with Crippen LogP contribution in [0.15, 0.2) is 0 Å². The number of likely N-dealkylation sites (N-methyl/N-ethyl adjacent to an activating group) is 1. The summed E-state index contributed by atoms with van der Waals surface area (Å²) in [4.78, 5) is 12.7. The van der Waals surface area contributed by atoms with E-state index in [4.69, 9.17) is 5.11 Å². The van der Waals surface area contributed by atoms with Crippen LogP contribution in [-0.4, -0.2) is 51.6 Å². The van der Waals surface area contributed by atoms with Crippen LogP contribution < -0.4 is 0 Å². The van der Waals surface area contributed by atoms with Crippen LogP contribution in [0.4, 0.5) is 0 Å². The molecule has 1 N–H and O–H groups in total. The van der Waals surface area contributed by atoms with Gasteiger partial charge in [0.15, 0.2) is 0 Å². The Hall–Kier alpha value is -1.43. The molecule has 0 aliphatic rings. The van der Waals surface area contributed by atoms with Crippen LogP contribution in [0, 0.1) is 0 Å². The van der Waals surface area contributed by atoms with Crippen molar-refractivity contribution in [2.75, 3.05) is 20.6 Å². The lowest BCUT2D eigenvalue weighted by Gasteiger charge is -2.10. The molecule has 0 saturated carbocycles. The summed E-state index contributed by atoms with van der Waals surface area (Å²) < 4.78 is 1.79. The Balaban J connectivity index is 2.77. The number of aliphatic carboxylic acids is 1. The summed E-state index contributed by atoms with van der Waals surface area (Å²) in [5.74, 6) is -0.866. The third-order valence-corrected chi connectivity index (χ3v) is 2.33. The van der Waals surface area contributed by atoms with Crippen LogP contribution in [0.25, 0.3) is 0 Å². The molecule has 0 aliphatic carbocycles. The maximum absolute atomic E-state index is 10.6. The van der Waals surface area contributed by atoms with Gasteiger partial charge in [0.1, 0.15) is 0 Å². The molecular formula is C10H18N4O2. The summed E-state index contributed by atoms with van der Waals surface area (Å²) in [6.45, 7) is 3.59. The highest BCUT2D eigenvalue weighted by atomic mass is 16.4. The standard InChI is InChI=1S/C10H18N4O2/c1-4-9-8(7-10(15)16)11-12-14(9)6-5-13(2)3/h4-7H2,1-3H3,(H,15,16). The summed E-state index contributed by atoms with van der Waals surface area (Å²) in [6.07, 6.45) is 0.703. The number of hydrogen-bond donors (Lipinski definition) is 1. The fraction of sp³-hybridized carbons (Fsp3) is 0.700. The maximum atomic E-state index is 10.6. The molecule has 1 aromatic rings. The van der Waals surface area contributed by atoms with Crippen LogP contribution in [0.1, 0.15) is 18.3 Å². The predicted molar refractivity (Wildman–Crippen MR) is 59.3 cm³/mol. The Morgan fingerprint density at radius 2 is 2.19 bits per heavy atom. The molecule has 0 radical (unpaired) electrons. The fourth-order valence-electron chi connectivity index (χ4n) is 1.51. The van der Waals surface area contributed by atoms with E-state index in [0.717, 1.165) is 25.2 Å². The lowest BCUT2D eigenvalue weighted by atomic mass is 10.2. The van der Waals surface area contributed by atoms with E-state index >= 15 is 0 Å². The lowest BCUT2D eigenvalue weighted by molar-refractivity contribution is -0.136. The van der Waals surface area contributed by atoms with Crippen molar-refractivity contribution in [3.05, 3.63) is 11.4 Å². The average molecular weight is 226 g/mol. The molecular weight excluding hydrogens is 208 g/mol. The van der Waals surface area contributed by atoms with Crippen LogP contribution in [0.5, 0.6) is 0 Å². The maximum Gasteiger partial charge on any atom is 0.309 e. The molecule has 16 heavy (non-hydrogen) atoms. The zero-order valence-corrected chi connectivity index (χ0v) is 9.97. The third kappa shape index (κ3) is 3.30. The van der Waals surface area contributed by atoms with Crippen molar-refractivity contribution in [1.29, 1.82) is 0 Å². The molecule has 0 bridgehead atoms. The number of aromatic nitrogens is 3. The van der Waals surface area contributed by atoms with Gasteiger partial charge in [-0.25, -0.2) is 4.68 Å². The van der Waals surface area contributed by atoms with Crippen molar-refractivity contribution < 1.29 is 9.90 Å². The minimum Gasteiger partial charge on any atom is -0.481 e. The number of carbonyl (C=O) groups is 1. The SMILES string of the molecule is CCc1c(CC(=O)O)nnn1CCN(C)C. The smallest absolute Gasteiger partial charge is 0.309 e. The quantitative estimate of drug-likeness (QED) is 0.741.